The topological polar surface area (TPSA) is 70.2 Å². The molecule has 2 aromatic carbocycles. The van der Waals surface area contributed by atoms with Crippen molar-refractivity contribution in [2.75, 3.05) is 12.4 Å². The lowest BCUT2D eigenvalue weighted by Crippen LogP contribution is -2.34. The molecule has 0 unspecified atom stereocenters. The summed E-state index contributed by atoms with van der Waals surface area (Å²) < 4.78 is 0.890. The minimum absolute atomic E-state index is 0.159. The number of rotatable bonds is 3. The highest BCUT2D eigenvalue weighted by molar-refractivity contribution is 9.10. The summed E-state index contributed by atoms with van der Waals surface area (Å²) >= 11 is 8.43. The van der Waals surface area contributed by atoms with Crippen molar-refractivity contribution >= 4 is 50.8 Å². The average Bonchev–Trinajstić information content (AvgIpc) is 2.54. The minimum atomic E-state index is -0.308. The molecule has 0 aromatic heterocycles. The number of hydrogen-bond acceptors (Lipinski definition) is 3. The van der Waals surface area contributed by atoms with Gasteiger partial charge in [0.15, 0.2) is 5.11 Å². The summed E-state index contributed by atoms with van der Waals surface area (Å²) in [5.74, 6) is -0.504. The van der Waals surface area contributed by atoms with E-state index in [4.69, 9.17) is 12.2 Å². The molecule has 23 heavy (non-hydrogen) atoms. The van der Waals surface area contributed by atoms with Gasteiger partial charge in [0.25, 0.3) is 11.8 Å². The van der Waals surface area contributed by atoms with Gasteiger partial charge in [-0.25, -0.2) is 0 Å². The number of benzene rings is 2. The van der Waals surface area contributed by atoms with Crippen LogP contribution in [0.2, 0.25) is 0 Å². The van der Waals surface area contributed by atoms with Crippen LogP contribution in [0.3, 0.4) is 0 Å². The maximum atomic E-state index is 12.1. The number of carbonyl (C=O) groups excluding carboxylic acids is 2. The van der Waals surface area contributed by atoms with E-state index < -0.39 is 0 Å². The largest absolute Gasteiger partial charge is 0.355 e. The van der Waals surface area contributed by atoms with Crippen molar-refractivity contribution in [1.29, 1.82) is 0 Å². The Kier molecular flexibility index (Phi) is 5.84. The van der Waals surface area contributed by atoms with Crippen LogP contribution in [0.15, 0.2) is 53.0 Å². The van der Waals surface area contributed by atoms with Gasteiger partial charge in [0.1, 0.15) is 0 Å². The normalized spacial score (nSPS) is 9.83. The first-order valence-electron chi connectivity index (χ1n) is 6.69. The summed E-state index contributed by atoms with van der Waals surface area (Å²) in [5.41, 5.74) is 1.61. The van der Waals surface area contributed by atoms with Crippen molar-refractivity contribution in [1.82, 2.24) is 10.6 Å². The first kappa shape index (κ1) is 17.1. The second-order valence-corrected chi connectivity index (χ2v) is 5.90. The van der Waals surface area contributed by atoms with Gasteiger partial charge in [0.2, 0.25) is 0 Å². The van der Waals surface area contributed by atoms with Gasteiger partial charge in [-0.05, 0) is 54.7 Å². The van der Waals surface area contributed by atoms with Crippen molar-refractivity contribution in [3.63, 3.8) is 0 Å². The molecule has 0 aliphatic rings. The quantitative estimate of drug-likeness (QED) is 0.703. The maximum Gasteiger partial charge on any atom is 0.257 e. The fourth-order valence-electron chi connectivity index (χ4n) is 1.82. The van der Waals surface area contributed by atoms with Crippen molar-refractivity contribution < 1.29 is 9.59 Å². The fourth-order valence-corrected chi connectivity index (χ4v) is 2.30. The first-order valence-corrected chi connectivity index (χ1v) is 7.90. The highest BCUT2D eigenvalue weighted by Crippen LogP contribution is 2.12. The molecule has 0 radical (unpaired) electrons. The Balaban J connectivity index is 2.00. The average molecular weight is 392 g/mol. The van der Waals surface area contributed by atoms with E-state index in [0.717, 1.165) is 4.47 Å². The third-order valence-electron chi connectivity index (χ3n) is 2.94. The number of nitrogens with one attached hydrogen (secondary N) is 3. The Morgan fingerprint density at radius 3 is 2.35 bits per heavy atom. The molecular formula is C16H14BrN3O2S. The van der Waals surface area contributed by atoms with Crippen molar-refractivity contribution in [2.24, 2.45) is 0 Å². The SMILES string of the molecule is CNC(=O)c1cccc(NC(=S)NC(=O)c2ccc(Br)cc2)c1. The summed E-state index contributed by atoms with van der Waals surface area (Å²) in [6.07, 6.45) is 0. The first-order chi connectivity index (χ1) is 11.0. The minimum Gasteiger partial charge on any atom is -0.355 e. The molecule has 0 heterocycles. The van der Waals surface area contributed by atoms with E-state index in [9.17, 15) is 9.59 Å². The number of carbonyl (C=O) groups is 2. The molecule has 0 saturated heterocycles. The molecule has 0 aliphatic heterocycles. The monoisotopic (exact) mass is 391 g/mol. The van der Waals surface area contributed by atoms with Gasteiger partial charge in [-0.15, -0.1) is 0 Å². The number of halogens is 1. The van der Waals surface area contributed by atoms with Gasteiger partial charge in [0.05, 0.1) is 0 Å². The van der Waals surface area contributed by atoms with Gasteiger partial charge in [-0.3, -0.25) is 14.9 Å². The van der Waals surface area contributed by atoms with Gasteiger partial charge < -0.3 is 10.6 Å². The molecule has 2 aromatic rings. The van der Waals surface area contributed by atoms with Gasteiger partial charge >= 0.3 is 0 Å². The summed E-state index contributed by atoms with van der Waals surface area (Å²) in [7, 11) is 1.56. The molecule has 118 valence electrons. The van der Waals surface area contributed by atoms with E-state index in [1.165, 1.54) is 0 Å². The fraction of sp³-hybridized carbons (Fsp3) is 0.0625. The van der Waals surface area contributed by atoms with E-state index in [2.05, 4.69) is 31.9 Å². The van der Waals surface area contributed by atoms with Crippen LogP contribution in [0.25, 0.3) is 0 Å². The smallest absolute Gasteiger partial charge is 0.257 e. The van der Waals surface area contributed by atoms with E-state index in [1.807, 2.05) is 0 Å². The summed E-state index contributed by atoms with van der Waals surface area (Å²) in [6, 6.07) is 13.7. The zero-order valence-electron chi connectivity index (χ0n) is 12.2. The van der Waals surface area contributed by atoms with Crippen molar-refractivity contribution in [3.8, 4) is 0 Å². The molecule has 7 heteroatoms. The predicted octanol–water partition coefficient (Wildman–Crippen LogP) is 2.94. The highest BCUT2D eigenvalue weighted by Gasteiger charge is 2.09. The molecule has 2 amide bonds. The highest BCUT2D eigenvalue weighted by atomic mass is 79.9. The summed E-state index contributed by atoms with van der Waals surface area (Å²) in [5, 5.41) is 8.18. The van der Waals surface area contributed by atoms with Crippen LogP contribution in [-0.4, -0.2) is 24.0 Å². The summed E-state index contributed by atoms with van der Waals surface area (Å²) in [4.78, 5) is 23.7. The van der Waals surface area contributed by atoms with Crippen LogP contribution >= 0.6 is 28.1 Å². The molecule has 0 bridgehead atoms. The van der Waals surface area contributed by atoms with Crippen LogP contribution in [0, 0.1) is 0 Å². The molecule has 0 atom stereocenters. The van der Waals surface area contributed by atoms with E-state index in [0.29, 0.717) is 16.8 Å². The van der Waals surface area contributed by atoms with E-state index in [-0.39, 0.29) is 16.9 Å². The number of hydrogen-bond donors (Lipinski definition) is 3. The van der Waals surface area contributed by atoms with Crippen LogP contribution in [0.5, 0.6) is 0 Å². The predicted molar refractivity (Wildman–Crippen MR) is 97.7 cm³/mol. The van der Waals surface area contributed by atoms with Crippen LogP contribution < -0.4 is 16.0 Å². The lowest BCUT2D eigenvalue weighted by molar-refractivity contribution is 0.0959. The Labute approximate surface area is 147 Å². The molecule has 0 aliphatic carbocycles. The Morgan fingerprint density at radius 2 is 1.70 bits per heavy atom. The maximum absolute atomic E-state index is 12.1. The Bertz CT molecular complexity index is 747. The molecular weight excluding hydrogens is 378 g/mol. The standard InChI is InChI=1S/C16H14BrN3O2S/c1-18-14(21)11-3-2-4-13(9-11)19-16(23)20-15(22)10-5-7-12(17)8-6-10/h2-9H,1H3,(H,18,21)(H2,19,20,22,23). The lowest BCUT2D eigenvalue weighted by Gasteiger charge is -2.10. The third kappa shape index (κ3) is 4.87. The molecule has 2 rings (SSSR count). The molecule has 0 fully saturated rings. The van der Waals surface area contributed by atoms with Crippen LogP contribution in [0.4, 0.5) is 5.69 Å². The molecule has 0 spiro atoms. The number of thiocarbonyl (C=S) groups is 1. The van der Waals surface area contributed by atoms with Gasteiger partial charge in [0, 0.05) is 28.3 Å². The van der Waals surface area contributed by atoms with E-state index in [1.54, 1.807) is 55.6 Å². The lowest BCUT2D eigenvalue weighted by atomic mass is 10.2. The van der Waals surface area contributed by atoms with Gasteiger partial charge in [-0.2, -0.15) is 0 Å². The molecule has 5 nitrogen and oxygen atoms in total. The van der Waals surface area contributed by atoms with Crippen LogP contribution in [0.1, 0.15) is 20.7 Å². The van der Waals surface area contributed by atoms with Crippen molar-refractivity contribution in [2.45, 2.75) is 0 Å². The second-order valence-electron chi connectivity index (χ2n) is 4.58. The van der Waals surface area contributed by atoms with E-state index >= 15 is 0 Å². The number of anilines is 1. The van der Waals surface area contributed by atoms with Crippen LogP contribution in [-0.2, 0) is 0 Å². The van der Waals surface area contributed by atoms with Gasteiger partial charge in [-0.1, -0.05) is 22.0 Å². The zero-order valence-corrected chi connectivity index (χ0v) is 14.6. The Hall–Kier alpha value is -2.25. The second kappa shape index (κ2) is 7.85. The summed E-state index contributed by atoms with van der Waals surface area (Å²) in [6.45, 7) is 0. The molecule has 3 N–H and O–H groups in total. The van der Waals surface area contributed by atoms with Crippen molar-refractivity contribution in [3.05, 3.63) is 64.1 Å². The zero-order chi connectivity index (χ0) is 16.8. The number of amides is 2. The Morgan fingerprint density at radius 1 is 1.00 bits per heavy atom. The third-order valence-corrected chi connectivity index (χ3v) is 3.68. The molecule has 0 saturated carbocycles.